The molecule has 10 nitrogen and oxygen atoms in total. The number of methoxy groups -OCH3 is 1. The lowest BCUT2D eigenvalue weighted by Crippen LogP contribution is -2.32. The Morgan fingerprint density at radius 2 is 1.62 bits per heavy atom. The lowest BCUT2D eigenvalue weighted by Gasteiger charge is -2.15. The lowest BCUT2D eigenvalue weighted by molar-refractivity contribution is -0.136. The summed E-state index contributed by atoms with van der Waals surface area (Å²) in [6.07, 6.45) is 1.34. The van der Waals surface area contributed by atoms with Crippen molar-refractivity contribution in [3.8, 4) is 17.2 Å². The van der Waals surface area contributed by atoms with E-state index in [1.807, 2.05) is 39.8 Å². The van der Waals surface area contributed by atoms with E-state index in [1.165, 1.54) is 13.3 Å². The van der Waals surface area contributed by atoms with Gasteiger partial charge in [0.05, 0.1) is 30.1 Å². The van der Waals surface area contributed by atoms with Crippen LogP contribution in [0.5, 0.6) is 17.2 Å². The number of rotatable bonds is 10. The molecule has 210 valence electrons. The van der Waals surface area contributed by atoms with Crippen molar-refractivity contribution in [2.75, 3.05) is 31.0 Å². The number of benzene rings is 3. The van der Waals surface area contributed by atoms with Gasteiger partial charge in [-0.3, -0.25) is 14.4 Å². The van der Waals surface area contributed by atoms with E-state index in [-0.39, 0.29) is 12.5 Å². The highest BCUT2D eigenvalue weighted by Crippen LogP contribution is 2.36. The second-order valence-corrected chi connectivity index (χ2v) is 9.58. The van der Waals surface area contributed by atoms with Crippen molar-refractivity contribution in [1.29, 1.82) is 0 Å². The highest BCUT2D eigenvalue weighted by Gasteiger charge is 2.17. The Balaban J connectivity index is 1.61. The maximum Gasteiger partial charge on any atom is 0.329 e. The molecule has 0 aliphatic carbocycles. The Labute approximate surface area is 241 Å². The van der Waals surface area contributed by atoms with Crippen molar-refractivity contribution in [2.45, 2.75) is 27.7 Å². The number of carbonyl (C=O) groups excluding carboxylic acids is 3. The number of carbonyl (C=O) groups is 3. The van der Waals surface area contributed by atoms with E-state index >= 15 is 0 Å². The Kier molecular flexibility index (Phi) is 10.7. The minimum Gasteiger partial charge on any atom is -0.493 e. The van der Waals surface area contributed by atoms with Crippen LogP contribution in [0.3, 0.4) is 0 Å². The van der Waals surface area contributed by atoms with Crippen LogP contribution in [0.2, 0.25) is 0 Å². The molecule has 0 saturated heterocycles. The topological polar surface area (TPSA) is 127 Å². The highest BCUT2D eigenvalue weighted by atomic mass is 79.9. The molecular weight excluding hydrogens is 580 g/mol. The molecule has 3 aromatic carbocycles. The molecule has 0 aromatic heterocycles. The fourth-order valence-electron chi connectivity index (χ4n) is 3.89. The number of ether oxygens (including phenoxy) is 3. The van der Waals surface area contributed by atoms with E-state index in [4.69, 9.17) is 14.2 Å². The summed E-state index contributed by atoms with van der Waals surface area (Å²) in [6.45, 7) is 7.86. The van der Waals surface area contributed by atoms with Gasteiger partial charge in [-0.1, -0.05) is 29.8 Å². The van der Waals surface area contributed by atoms with E-state index in [2.05, 4.69) is 37.1 Å². The van der Waals surface area contributed by atoms with Gasteiger partial charge < -0.3 is 24.8 Å². The zero-order valence-electron chi connectivity index (χ0n) is 22.9. The van der Waals surface area contributed by atoms with Crippen molar-refractivity contribution < 1.29 is 28.6 Å². The zero-order valence-corrected chi connectivity index (χ0v) is 24.5. The SMILES string of the molecule is CCOc1ccccc1NC(=O)C(=O)N/N=C\c1cc(Br)c(OCC(=O)Nc2c(C)cc(C)cc2C)c(OC)c1. The fourth-order valence-corrected chi connectivity index (χ4v) is 4.47. The number of anilines is 2. The number of hydrogen-bond acceptors (Lipinski definition) is 7. The van der Waals surface area contributed by atoms with Crippen molar-refractivity contribution in [3.05, 3.63) is 75.3 Å². The third kappa shape index (κ3) is 8.06. The van der Waals surface area contributed by atoms with Crippen LogP contribution in [0.25, 0.3) is 0 Å². The van der Waals surface area contributed by atoms with Gasteiger partial charge in [-0.15, -0.1) is 0 Å². The molecular formula is C29H31BrN4O6. The molecule has 0 bridgehead atoms. The first-order chi connectivity index (χ1) is 19.1. The van der Waals surface area contributed by atoms with E-state index in [0.29, 0.717) is 39.6 Å². The molecule has 0 aliphatic heterocycles. The zero-order chi connectivity index (χ0) is 29.2. The van der Waals surface area contributed by atoms with E-state index in [9.17, 15) is 14.4 Å². The molecule has 0 aliphatic rings. The monoisotopic (exact) mass is 610 g/mol. The van der Waals surface area contributed by atoms with E-state index in [0.717, 1.165) is 22.4 Å². The average Bonchev–Trinajstić information content (AvgIpc) is 2.91. The number of hydrazone groups is 1. The Hall–Kier alpha value is -4.38. The minimum absolute atomic E-state index is 0.243. The second kappa shape index (κ2) is 14.1. The maximum atomic E-state index is 12.6. The number of nitrogens with zero attached hydrogens (tertiary/aromatic N) is 1. The fraction of sp³-hybridized carbons (Fsp3) is 0.241. The third-order valence-corrected chi connectivity index (χ3v) is 6.15. The van der Waals surface area contributed by atoms with Crippen LogP contribution in [-0.4, -0.2) is 44.3 Å². The number of hydrogen-bond donors (Lipinski definition) is 3. The number of amides is 3. The van der Waals surface area contributed by atoms with Gasteiger partial charge in [0.15, 0.2) is 18.1 Å². The van der Waals surface area contributed by atoms with Crippen molar-refractivity contribution in [3.63, 3.8) is 0 Å². The van der Waals surface area contributed by atoms with E-state index in [1.54, 1.807) is 36.4 Å². The molecule has 0 heterocycles. The Bertz CT molecular complexity index is 1420. The highest BCUT2D eigenvalue weighted by molar-refractivity contribution is 9.10. The molecule has 0 unspecified atom stereocenters. The predicted octanol–water partition coefficient (Wildman–Crippen LogP) is 4.89. The molecule has 0 atom stereocenters. The summed E-state index contributed by atoms with van der Waals surface area (Å²) >= 11 is 3.43. The number of nitrogens with one attached hydrogen (secondary N) is 3. The first kappa shape index (κ1) is 30.2. The van der Waals surface area contributed by atoms with Crippen molar-refractivity contribution in [1.82, 2.24) is 5.43 Å². The smallest absolute Gasteiger partial charge is 0.329 e. The summed E-state index contributed by atoms with van der Waals surface area (Å²) in [6, 6.07) is 14.1. The molecule has 0 fully saturated rings. The summed E-state index contributed by atoms with van der Waals surface area (Å²) in [7, 11) is 1.46. The van der Waals surface area contributed by atoms with Crippen LogP contribution in [0.4, 0.5) is 11.4 Å². The molecule has 3 N–H and O–H groups in total. The summed E-state index contributed by atoms with van der Waals surface area (Å²) in [5.41, 5.74) is 6.90. The number of para-hydroxylation sites is 2. The molecule has 0 saturated carbocycles. The largest absolute Gasteiger partial charge is 0.493 e. The molecule has 11 heteroatoms. The summed E-state index contributed by atoms with van der Waals surface area (Å²) in [5, 5.41) is 9.25. The van der Waals surface area contributed by atoms with Crippen LogP contribution in [0, 0.1) is 20.8 Å². The van der Waals surface area contributed by atoms with E-state index < -0.39 is 11.8 Å². The second-order valence-electron chi connectivity index (χ2n) is 8.73. The van der Waals surface area contributed by atoms with Crippen LogP contribution < -0.4 is 30.3 Å². The van der Waals surface area contributed by atoms with Crippen LogP contribution in [-0.2, 0) is 14.4 Å². The van der Waals surface area contributed by atoms with Gasteiger partial charge in [0, 0.05) is 5.69 Å². The Morgan fingerprint density at radius 1 is 0.925 bits per heavy atom. The van der Waals surface area contributed by atoms with Gasteiger partial charge >= 0.3 is 11.8 Å². The van der Waals surface area contributed by atoms with Crippen LogP contribution in [0.1, 0.15) is 29.2 Å². The molecule has 0 radical (unpaired) electrons. The number of aryl methyl sites for hydroxylation is 3. The first-order valence-corrected chi connectivity index (χ1v) is 13.2. The van der Waals surface area contributed by atoms with Crippen LogP contribution >= 0.6 is 15.9 Å². The van der Waals surface area contributed by atoms with Crippen molar-refractivity contribution >= 4 is 51.2 Å². The molecule has 3 rings (SSSR count). The molecule has 3 aromatic rings. The van der Waals surface area contributed by atoms with Gasteiger partial charge in [-0.2, -0.15) is 5.10 Å². The third-order valence-electron chi connectivity index (χ3n) is 5.56. The van der Waals surface area contributed by atoms with Gasteiger partial charge in [0.25, 0.3) is 5.91 Å². The van der Waals surface area contributed by atoms with Gasteiger partial charge in [-0.05, 0) is 84.6 Å². The molecule has 3 amide bonds. The van der Waals surface area contributed by atoms with Gasteiger partial charge in [-0.25, -0.2) is 5.43 Å². The Morgan fingerprint density at radius 3 is 2.30 bits per heavy atom. The summed E-state index contributed by atoms with van der Waals surface area (Å²) < 4.78 is 17.1. The van der Waals surface area contributed by atoms with Gasteiger partial charge in [0.1, 0.15) is 5.75 Å². The van der Waals surface area contributed by atoms with Crippen molar-refractivity contribution in [2.24, 2.45) is 5.10 Å². The predicted molar refractivity (Wildman–Crippen MR) is 157 cm³/mol. The summed E-state index contributed by atoms with van der Waals surface area (Å²) in [4.78, 5) is 37.1. The molecule has 40 heavy (non-hydrogen) atoms. The lowest BCUT2D eigenvalue weighted by atomic mass is 10.1. The minimum atomic E-state index is -0.960. The average molecular weight is 611 g/mol. The van der Waals surface area contributed by atoms with Crippen LogP contribution in [0.15, 0.2) is 58.1 Å². The normalized spacial score (nSPS) is 10.7. The molecule has 0 spiro atoms. The first-order valence-electron chi connectivity index (χ1n) is 12.4. The van der Waals surface area contributed by atoms with Gasteiger partial charge in [0.2, 0.25) is 0 Å². The number of halogens is 1. The maximum absolute atomic E-state index is 12.6. The quantitative estimate of drug-likeness (QED) is 0.170. The summed E-state index contributed by atoms with van der Waals surface area (Å²) in [5.74, 6) is -1.07. The standard InChI is InChI=1S/C29H31BrN4O6/c1-6-39-23-10-8-7-9-22(23)32-28(36)29(37)34-31-15-20-13-21(30)27(24(14-20)38-5)40-16-25(35)33-26-18(3)11-17(2)12-19(26)4/h7-15H,6,16H2,1-5H3,(H,32,36)(H,33,35)(H,34,37)/b31-15-.